The van der Waals surface area contributed by atoms with Gasteiger partial charge in [0.05, 0.1) is 0 Å². The zero-order valence-corrected chi connectivity index (χ0v) is 21.7. The Hall–Kier alpha value is 3.77. The molecule has 0 aromatic carbocycles. The summed E-state index contributed by atoms with van der Waals surface area (Å²) in [5.41, 5.74) is 0. The Morgan fingerprint density at radius 2 is 1.42 bits per heavy atom. The van der Waals surface area contributed by atoms with E-state index in [0.29, 0.717) is 0 Å². The standard InChI is InChI=1S/C5H6O3.C4H6O2.CH4.4Y/c1-4(6)7-2-5-3-8-5;1-5-2-4-3-6-4;;;;;/h2-3,5H,1H3;2-4H,1H3;1H4;;;;/q2*-2;;;;;. The molecular formula is C10H16O5Y4-4. The topological polar surface area (TPSA) is 60.6 Å². The number of hydrogen-bond acceptors (Lipinski definition) is 5. The molecule has 0 bridgehead atoms. The van der Waals surface area contributed by atoms with E-state index in [4.69, 9.17) is 0 Å². The SMILES string of the molecule is C.CC(=O)O[CH-]C1[CH-]O1.CO[CH-]C1[CH-]O1.[Y].[Y].[Y].[Y]. The molecular weight excluding hydrogens is 556 g/mol. The van der Waals surface area contributed by atoms with Crippen LogP contribution in [0.15, 0.2) is 0 Å². The molecule has 102 valence electrons. The molecule has 0 spiro atoms. The van der Waals surface area contributed by atoms with Gasteiger partial charge in [0.15, 0.2) is 0 Å². The number of rotatable bonds is 4. The van der Waals surface area contributed by atoms with Crippen LogP contribution in [-0.4, -0.2) is 25.3 Å². The Bertz CT molecular complexity index is 189. The first-order valence-corrected chi connectivity index (χ1v) is 4.06. The van der Waals surface area contributed by atoms with Crippen LogP contribution >= 0.6 is 0 Å². The van der Waals surface area contributed by atoms with Gasteiger partial charge in [-0.15, -0.1) is 0 Å². The van der Waals surface area contributed by atoms with Gasteiger partial charge in [-0.1, -0.05) is 7.43 Å². The van der Waals surface area contributed by atoms with Crippen LogP contribution < -0.4 is 0 Å². The van der Waals surface area contributed by atoms with Crippen LogP contribution in [0, 0.1) is 26.4 Å². The normalized spacial score (nSPS) is 20.1. The minimum atomic E-state index is -0.311. The van der Waals surface area contributed by atoms with Gasteiger partial charge in [-0.2, -0.15) is 18.8 Å². The van der Waals surface area contributed by atoms with Crippen molar-refractivity contribution in [3.05, 3.63) is 26.4 Å². The van der Waals surface area contributed by atoms with Crippen molar-refractivity contribution in [3.8, 4) is 0 Å². The second-order valence-electron chi connectivity index (χ2n) is 2.59. The first-order chi connectivity index (χ1) is 6.72. The van der Waals surface area contributed by atoms with E-state index >= 15 is 0 Å². The predicted octanol–water partition coefficient (Wildman–Crippen LogP) is 1.25. The third kappa shape index (κ3) is 26.9. The van der Waals surface area contributed by atoms with Crippen LogP contribution in [-0.2, 0) is 155 Å². The van der Waals surface area contributed by atoms with Crippen LogP contribution in [0.5, 0.6) is 0 Å². The largest absolute Gasteiger partial charge is 0.637 e. The maximum absolute atomic E-state index is 10.1. The van der Waals surface area contributed by atoms with E-state index in [2.05, 4.69) is 18.9 Å². The maximum atomic E-state index is 10.1. The molecule has 2 fully saturated rings. The molecule has 2 saturated heterocycles. The number of carbonyl (C=O) groups is 1. The summed E-state index contributed by atoms with van der Waals surface area (Å²) < 4.78 is 18.3. The molecule has 9 heteroatoms. The van der Waals surface area contributed by atoms with Crippen molar-refractivity contribution in [2.24, 2.45) is 0 Å². The van der Waals surface area contributed by atoms with Crippen LogP contribution in [0.25, 0.3) is 0 Å². The van der Waals surface area contributed by atoms with Crippen molar-refractivity contribution >= 4 is 5.97 Å². The smallest absolute Gasteiger partial charge is 0.271 e. The first-order valence-electron chi connectivity index (χ1n) is 4.06. The fraction of sp³-hybridized carbons (Fsp3) is 0.500. The van der Waals surface area contributed by atoms with E-state index in [1.165, 1.54) is 13.5 Å². The summed E-state index contributed by atoms with van der Waals surface area (Å²) in [5.74, 6) is -0.311. The zero-order valence-electron chi connectivity index (χ0n) is 10.3. The molecule has 0 amide bonds. The van der Waals surface area contributed by atoms with Crippen LogP contribution in [0.2, 0.25) is 0 Å². The van der Waals surface area contributed by atoms with Gasteiger partial charge in [-0.3, -0.25) is 4.79 Å². The number of methoxy groups -OCH3 is 1. The molecule has 4 radical (unpaired) electrons. The summed E-state index contributed by atoms with van der Waals surface area (Å²) in [6, 6.07) is 0. The molecule has 0 aromatic heterocycles. The Kier molecular flexibility index (Phi) is 39.1. The summed E-state index contributed by atoms with van der Waals surface area (Å²) in [4.78, 5) is 10.1. The van der Waals surface area contributed by atoms with E-state index in [1.807, 2.05) is 0 Å². The zero-order chi connectivity index (χ0) is 10.4. The van der Waals surface area contributed by atoms with E-state index < -0.39 is 0 Å². The Balaban J connectivity index is -0.0000000555. The third-order valence-corrected chi connectivity index (χ3v) is 1.22. The van der Waals surface area contributed by atoms with Gasteiger partial charge in [-0.25, -0.2) is 19.8 Å². The van der Waals surface area contributed by atoms with Crippen LogP contribution in [0.1, 0.15) is 14.4 Å². The minimum Gasteiger partial charge on any atom is -0.637 e. The van der Waals surface area contributed by atoms with Gasteiger partial charge in [-0.05, 0) is 7.11 Å². The quantitative estimate of drug-likeness (QED) is 0.289. The fourth-order valence-corrected chi connectivity index (χ4v) is 0.516. The van der Waals surface area contributed by atoms with Crippen LogP contribution in [0.4, 0.5) is 0 Å². The van der Waals surface area contributed by atoms with Crippen molar-refractivity contribution in [2.75, 3.05) is 7.11 Å². The molecule has 2 aliphatic rings. The summed E-state index contributed by atoms with van der Waals surface area (Å²) >= 11 is 0. The third-order valence-electron chi connectivity index (χ3n) is 1.22. The van der Waals surface area contributed by atoms with E-state index in [-0.39, 0.29) is 156 Å². The average Bonchev–Trinajstić information content (AvgIpc) is 2.99. The van der Waals surface area contributed by atoms with Crippen molar-refractivity contribution < 1.29 is 155 Å². The number of hydrogen-bond donors (Lipinski definition) is 0. The van der Waals surface area contributed by atoms with Crippen molar-refractivity contribution in [2.45, 2.75) is 26.6 Å². The number of carbonyl (C=O) groups excluding carboxylic acids is 1. The monoisotopic (exact) mass is 572 g/mol. The number of esters is 1. The van der Waals surface area contributed by atoms with E-state index in [9.17, 15) is 4.79 Å². The van der Waals surface area contributed by atoms with E-state index in [1.54, 1.807) is 26.9 Å². The molecule has 5 nitrogen and oxygen atoms in total. The maximum Gasteiger partial charge on any atom is 0.271 e. The average molecular weight is 572 g/mol. The summed E-state index contributed by atoms with van der Waals surface area (Å²) in [7, 11) is 1.61. The van der Waals surface area contributed by atoms with Gasteiger partial charge in [0.25, 0.3) is 5.97 Å². The molecule has 2 atom stereocenters. The van der Waals surface area contributed by atoms with Crippen molar-refractivity contribution in [1.29, 1.82) is 0 Å². The molecule has 0 aromatic rings. The van der Waals surface area contributed by atoms with Gasteiger partial charge in [0.2, 0.25) is 0 Å². The molecule has 0 saturated carbocycles. The first kappa shape index (κ1) is 34.2. The van der Waals surface area contributed by atoms with Gasteiger partial charge in [0.1, 0.15) is 0 Å². The summed E-state index contributed by atoms with van der Waals surface area (Å²) in [6.07, 6.45) is 0.119. The van der Waals surface area contributed by atoms with Gasteiger partial charge >= 0.3 is 0 Å². The molecule has 19 heavy (non-hydrogen) atoms. The van der Waals surface area contributed by atoms with E-state index in [0.717, 1.165) is 0 Å². The molecule has 0 N–H and O–H groups in total. The summed E-state index contributed by atoms with van der Waals surface area (Å²) in [5, 5.41) is 0. The van der Waals surface area contributed by atoms with Gasteiger partial charge in [0, 0.05) is 138 Å². The van der Waals surface area contributed by atoms with Crippen molar-refractivity contribution in [1.82, 2.24) is 0 Å². The Morgan fingerprint density at radius 3 is 1.63 bits per heavy atom. The Morgan fingerprint density at radius 1 is 1.05 bits per heavy atom. The molecule has 2 rings (SSSR count). The van der Waals surface area contributed by atoms with Crippen molar-refractivity contribution in [3.63, 3.8) is 0 Å². The predicted molar refractivity (Wildman–Crippen MR) is 52.5 cm³/mol. The fourth-order valence-electron chi connectivity index (χ4n) is 0.516. The molecule has 2 heterocycles. The number of epoxide rings is 2. The van der Waals surface area contributed by atoms with Gasteiger partial charge < -0.3 is 18.9 Å². The second-order valence-corrected chi connectivity index (χ2v) is 2.59. The number of ether oxygens (including phenoxy) is 4. The minimum absolute atomic E-state index is 0. The summed E-state index contributed by atoms with van der Waals surface area (Å²) in [6.45, 7) is 7.59. The van der Waals surface area contributed by atoms with Crippen LogP contribution in [0.3, 0.4) is 0 Å². The molecule has 2 unspecified atom stereocenters. The molecule has 2 aliphatic heterocycles. The second kappa shape index (κ2) is 21.8. The Labute approximate surface area is 216 Å². The molecule has 0 aliphatic carbocycles.